The maximum Gasteiger partial charge on any atom is 0.307 e. The molecule has 5 nitrogen and oxygen atoms in total. The molecule has 0 aromatic carbocycles. The monoisotopic (exact) mass is 233 g/mol. The van der Waals surface area contributed by atoms with Gasteiger partial charge in [0.2, 0.25) is 0 Å². The highest BCUT2D eigenvalue weighted by atomic mass is 16.5. The number of methoxy groups -OCH3 is 1. The van der Waals surface area contributed by atoms with Crippen molar-refractivity contribution in [3.63, 3.8) is 0 Å². The zero-order chi connectivity index (χ0) is 12.2. The van der Waals surface area contributed by atoms with Gasteiger partial charge in [-0.3, -0.25) is 4.79 Å². The van der Waals surface area contributed by atoms with Gasteiger partial charge in [-0.05, 0) is 19.4 Å². The molecule has 0 heterocycles. The number of hydrogen-bond donors (Lipinski definition) is 2. The summed E-state index contributed by atoms with van der Waals surface area (Å²) in [6, 6.07) is 0. The molecule has 96 valence electrons. The number of aliphatic carboxylic acids is 1. The van der Waals surface area contributed by atoms with Crippen LogP contribution >= 0.6 is 0 Å². The van der Waals surface area contributed by atoms with Crippen LogP contribution in [0.1, 0.15) is 19.8 Å². The van der Waals surface area contributed by atoms with E-state index in [0.29, 0.717) is 19.8 Å². The number of nitrogens with one attached hydrogen (secondary N) is 1. The molecule has 0 radical (unpaired) electrons. The molecule has 1 unspecified atom stereocenters. The number of hydrogen-bond acceptors (Lipinski definition) is 4. The minimum atomic E-state index is -0.754. The molecule has 0 amide bonds. The lowest BCUT2D eigenvalue weighted by Gasteiger charge is -2.08. The van der Waals surface area contributed by atoms with Crippen molar-refractivity contribution >= 4 is 5.97 Å². The molecule has 0 saturated heterocycles. The summed E-state index contributed by atoms with van der Waals surface area (Å²) in [6.45, 7) is 5.07. The fraction of sp³-hybridized carbons (Fsp3) is 0.909. The Labute approximate surface area is 97.1 Å². The van der Waals surface area contributed by atoms with Gasteiger partial charge in [0.1, 0.15) is 0 Å². The second-order valence-corrected chi connectivity index (χ2v) is 3.76. The smallest absolute Gasteiger partial charge is 0.307 e. The van der Waals surface area contributed by atoms with Crippen molar-refractivity contribution in [2.45, 2.75) is 19.8 Å². The van der Waals surface area contributed by atoms with Crippen molar-refractivity contribution in [1.82, 2.24) is 5.32 Å². The Morgan fingerprint density at radius 1 is 1.31 bits per heavy atom. The number of rotatable bonds is 11. The molecule has 0 aliphatic heterocycles. The average molecular weight is 233 g/mol. The molecule has 1 atom stereocenters. The number of carboxylic acids is 1. The molecule has 0 aliphatic carbocycles. The van der Waals surface area contributed by atoms with Crippen LogP contribution in [0.5, 0.6) is 0 Å². The minimum absolute atomic E-state index is 0.321. The Balaban J connectivity index is 3.07. The topological polar surface area (TPSA) is 67.8 Å². The summed E-state index contributed by atoms with van der Waals surface area (Å²) in [5, 5.41) is 11.7. The van der Waals surface area contributed by atoms with Gasteiger partial charge in [0.15, 0.2) is 0 Å². The van der Waals surface area contributed by atoms with Crippen LogP contribution in [-0.4, -0.2) is 51.1 Å². The summed E-state index contributed by atoms with van der Waals surface area (Å²) in [5.41, 5.74) is 0. The predicted molar refractivity (Wildman–Crippen MR) is 61.6 cm³/mol. The molecule has 16 heavy (non-hydrogen) atoms. The molecule has 0 fully saturated rings. The summed E-state index contributed by atoms with van der Waals surface area (Å²) in [7, 11) is 1.65. The van der Waals surface area contributed by atoms with E-state index in [0.717, 1.165) is 26.0 Å². The Morgan fingerprint density at radius 2 is 2.06 bits per heavy atom. The summed E-state index contributed by atoms with van der Waals surface area (Å²) in [4.78, 5) is 10.5. The molecule has 0 saturated carbocycles. The van der Waals surface area contributed by atoms with Gasteiger partial charge in [-0.1, -0.05) is 6.92 Å². The van der Waals surface area contributed by atoms with Gasteiger partial charge in [-0.2, -0.15) is 0 Å². The minimum Gasteiger partial charge on any atom is -0.481 e. The van der Waals surface area contributed by atoms with Crippen LogP contribution in [0, 0.1) is 5.92 Å². The lowest BCUT2D eigenvalue weighted by Crippen LogP contribution is -2.27. The predicted octanol–water partition coefficient (Wildman–Crippen LogP) is 0.740. The van der Waals surface area contributed by atoms with Crippen molar-refractivity contribution in [2.24, 2.45) is 5.92 Å². The van der Waals surface area contributed by atoms with E-state index in [4.69, 9.17) is 14.6 Å². The molecule has 0 bridgehead atoms. The van der Waals surface area contributed by atoms with Crippen LogP contribution in [0.4, 0.5) is 0 Å². The van der Waals surface area contributed by atoms with Crippen molar-refractivity contribution < 1.29 is 19.4 Å². The highest BCUT2D eigenvalue weighted by molar-refractivity contribution is 5.69. The van der Waals surface area contributed by atoms with Crippen LogP contribution in [0.15, 0.2) is 0 Å². The molecule has 2 N–H and O–H groups in total. The zero-order valence-electron chi connectivity index (χ0n) is 10.2. The first-order valence-corrected chi connectivity index (χ1v) is 5.68. The maximum absolute atomic E-state index is 10.5. The highest BCUT2D eigenvalue weighted by Gasteiger charge is 2.08. The van der Waals surface area contributed by atoms with Gasteiger partial charge in [0.05, 0.1) is 19.1 Å². The first-order chi connectivity index (χ1) is 7.68. The molecule has 5 heteroatoms. The molecule has 0 aliphatic rings. The van der Waals surface area contributed by atoms with E-state index in [1.165, 1.54) is 0 Å². The SMILES string of the molecule is COCCOCCCCNCC(C)C(=O)O. The number of carbonyl (C=O) groups is 1. The Bertz CT molecular complexity index is 175. The molecule has 0 spiro atoms. The quantitative estimate of drug-likeness (QED) is 0.515. The lowest BCUT2D eigenvalue weighted by molar-refractivity contribution is -0.140. The van der Waals surface area contributed by atoms with E-state index in [1.54, 1.807) is 14.0 Å². The van der Waals surface area contributed by atoms with Gasteiger partial charge in [0, 0.05) is 20.3 Å². The lowest BCUT2D eigenvalue weighted by atomic mass is 10.2. The second-order valence-electron chi connectivity index (χ2n) is 3.76. The van der Waals surface area contributed by atoms with Crippen molar-refractivity contribution in [1.29, 1.82) is 0 Å². The van der Waals surface area contributed by atoms with Gasteiger partial charge in [-0.25, -0.2) is 0 Å². The summed E-state index contributed by atoms with van der Waals surface area (Å²) in [6.07, 6.45) is 1.98. The van der Waals surface area contributed by atoms with Crippen LogP contribution in [-0.2, 0) is 14.3 Å². The molecule has 0 aromatic heterocycles. The van der Waals surface area contributed by atoms with Gasteiger partial charge >= 0.3 is 5.97 Å². The van der Waals surface area contributed by atoms with E-state index in [2.05, 4.69) is 5.32 Å². The van der Waals surface area contributed by atoms with E-state index in [1.807, 2.05) is 0 Å². The summed E-state index contributed by atoms with van der Waals surface area (Å²) < 4.78 is 10.1. The molecular formula is C11H23NO4. The third-order valence-electron chi connectivity index (χ3n) is 2.20. The number of carboxylic acid groups (broad SMARTS) is 1. The largest absolute Gasteiger partial charge is 0.481 e. The summed E-state index contributed by atoms with van der Waals surface area (Å²) in [5.74, 6) is -1.08. The first kappa shape index (κ1) is 15.3. The van der Waals surface area contributed by atoms with Crippen LogP contribution in [0.25, 0.3) is 0 Å². The zero-order valence-corrected chi connectivity index (χ0v) is 10.2. The standard InChI is InChI=1S/C11H23NO4/c1-10(11(13)14)9-12-5-3-4-6-16-8-7-15-2/h10,12H,3-9H2,1-2H3,(H,13,14). The van der Waals surface area contributed by atoms with Crippen LogP contribution in [0.2, 0.25) is 0 Å². The average Bonchev–Trinajstić information content (AvgIpc) is 2.26. The van der Waals surface area contributed by atoms with Gasteiger partial charge in [-0.15, -0.1) is 0 Å². The van der Waals surface area contributed by atoms with Crippen LogP contribution in [0.3, 0.4) is 0 Å². The number of unbranched alkanes of at least 4 members (excludes halogenated alkanes) is 1. The molecular weight excluding hydrogens is 210 g/mol. The second kappa shape index (κ2) is 10.9. The normalized spacial score (nSPS) is 12.6. The number of ether oxygens (including phenoxy) is 2. The van der Waals surface area contributed by atoms with Gasteiger partial charge in [0.25, 0.3) is 0 Å². The van der Waals surface area contributed by atoms with Crippen molar-refractivity contribution in [3.05, 3.63) is 0 Å². The maximum atomic E-state index is 10.5. The van der Waals surface area contributed by atoms with Crippen molar-refractivity contribution in [2.75, 3.05) is 40.0 Å². The summed E-state index contributed by atoms with van der Waals surface area (Å²) >= 11 is 0. The first-order valence-electron chi connectivity index (χ1n) is 5.68. The van der Waals surface area contributed by atoms with E-state index in [-0.39, 0.29) is 5.92 Å². The Morgan fingerprint density at radius 3 is 2.69 bits per heavy atom. The fourth-order valence-electron chi connectivity index (χ4n) is 1.10. The fourth-order valence-corrected chi connectivity index (χ4v) is 1.10. The third-order valence-corrected chi connectivity index (χ3v) is 2.20. The van der Waals surface area contributed by atoms with E-state index < -0.39 is 5.97 Å². The highest BCUT2D eigenvalue weighted by Crippen LogP contribution is 1.93. The van der Waals surface area contributed by atoms with E-state index >= 15 is 0 Å². The Hall–Kier alpha value is -0.650. The van der Waals surface area contributed by atoms with E-state index in [9.17, 15) is 4.79 Å². The Kier molecular flexibility index (Phi) is 10.4. The molecule has 0 rings (SSSR count). The molecule has 0 aromatic rings. The third kappa shape index (κ3) is 9.89. The van der Waals surface area contributed by atoms with Crippen molar-refractivity contribution in [3.8, 4) is 0 Å². The van der Waals surface area contributed by atoms with Gasteiger partial charge < -0.3 is 19.9 Å². The van der Waals surface area contributed by atoms with Crippen LogP contribution < -0.4 is 5.32 Å².